The topological polar surface area (TPSA) is 69.7 Å². The number of rotatable bonds is 1. The van der Waals surface area contributed by atoms with Crippen molar-refractivity contribution in [2.45, 2.75) is 19.0 Å². The Balaban J connectivity index is 1.80. The van der Waals surface area contributed by atoms with E-state index >= 15 is 0 Å². The minimum Gasteiger partial charge on any atom is -0.343 e. The van der Waals surface area contributed by atoms with Crippen LogP contribution >= 0.6 is 23.2 Å². The van der Waals surface area contributed by atoms with Crippen molar-refractivity contribution < 1.29 is 14.4 Å². The zero-order chi connectivity index (χ0) is 16.7. The summed E-state index contributed by atoms with van der Waals surface area (Å²) in [6.45, 7) is 2.52. The number of nitrogens with zero attached hydrogens (tertiary/aromatic N) is 2. The van der Waals surface area contributed by atoms with Gasteiger partial charge in [0, 0.05) is 28.7 Å². The highest BCUT2D eigenvalue weighted by atomic mass is 35.5. The molecule has 0 unspecified atom stereocenters. The first kappa shape index (κ1) is 16.1. The van der Waals surface area contributed by atoms with E-state index in [4.69, 9.17) is 23.2 Å². The summed E-state index contributed by atoms with van der Waals surface area (Å²) in [5.41, 5.74) is 0.367. The lowest BCUT2D eigenvalue weighted by Crippen LogP contribution is -2.69. The molecule has 3 amide bonds. The fraction of sp³-hybridized carbons (Fsp3) is 0.400. The molecule has 23 heavy (non-hydrogen) atoms. The van der Waals surface area contributed by atoms with Crippen LogP contribution in [-0.4, -0.2) is 59.2 Å². The van der Waals surface area contributed by atoms with Crippen LogP contribution in [0.3, 0.4) is 0 Å². The molecule has 0 bridgehead atoms. The van der Waals surface area contributed by atoms with Gasteiger partial charge in [0.15, 0.2) is 0 Å². The van der Waals surface area contributed by atoms with E-state index in [1.54, 1.807) is 17.9 Å². The highest BCUT2D eigenvalue weighted by molar-refractivity contribution is 6.35. The third-order valence-corrected chi connectivity index (χ3v) is 4.53. The molecule has 6 nitrogen and oxygen atoms in total. The Hall–Kier alpha value is -1.79. The summed E-state index contributed by atoms with van der Waals surface area (Å²) >= 11 is 11.9. The molecule has 2 aliphatic rings. The minimum atomic E-state index is -0.647. The fourth-order valence-corrected chi connectivity index (χ4v) is 3.46. The molecule has 0 aliphatic carbocycles. The van der Waals surface area contributed by atoms with Gasteiger partial charge in [-0.05, 0) is 25.1 Å². The van der Waals surface area contributed by atoms with Crippen LogP contribution in [0.4, 0.5) is 0 Å². The van der Waals surface area contributed by atoms with Crippen LogP contribution in [0.15, 0.2) is 18.2 Å². The molecule has 1 aromatic rings. The van der Waals surface area contributed by atoms with Crippen LogP contribution in [0.25, 0.3) is 0 Å². The Morgan fingerprint density at radius 1 is 1.17 bits per heavy atom. The second kappa shape index (κ2) is 6.02. The van der Waals surface area contributed by atoms with E-state index in [-0.39, 0.29) is 24.3 Å². The molecule has 2 saturated heterocycles. The van der Waals surface area contributed by atoms with Gasteiger partial charge in [0.1, 0.15) is 12.1 Å². The monoisotopic (exact) mass is 355 g/mol. The number of piperazine rings is 2. The van der Waals surface area contributed by atoms with E-state index in [1.165, 1.54) is 17.0 Å². The van der Waals surface area contributed by atoms with Crippen molar-refractivity contribution in [2.75, 3.05) is 19.6 Å². The number of carbonyl (C=O) groups excluding carboxylic acids is 3. The van der Waals surface area contributed by atoms with Gasteiger partial charge >= 0.3 is 0 Å². The molecule has 0 aromatic heterocycles. The Labute approximate surface area is 143 Å². The number of benzene rings is 1. The molecule has 1 N–H and O–H groups in total. The van der Waals surface area contributed by atoms with Gasteiger partial charge in [0.25, 0.3) is 5.91 Å². The summed E-state index contributed by atoms with van der Waals surface area (Å²) in [4.78, 5) is 39.9. The van der Waals surface area contributed by atoms with E-state index in [0.717, 1.165) is 0 Å². The van der Waals surface area contributed by atoms with Crippen molar-refractivity contribution in [3.8, 4) is 0 Å². The Morgan fingerprint density at radius 2 is 1.83 bits per heavy atom. The molecule has 122 valence electrons. The van der Waals surface area contributed by atoms with E-state index < -0.39 is 12.1 Å². The van der Waals surface area contributed by atoms with Crippen molar-refractivity contribution in [1.29, 1.82) is 0 Å². The maximum absolute atomic E-state index is 12.6. The lowest BCUT2D eigenvalue weighted by molar-refractivity contribution is -0.151. The molecule has 8 heteroatoms. The van der Waals surface area contributed by atoms with Gasteiger partial charge in [-0.3, -0.25) is 14.4 Å². The normalized spacial score (nSPS) is 24.3. The number of amides is 3. The van der Waals surface area contributed by atoms with E-state index in [1.807, 2.05) is 0 Å². The Morgan fingerprint density at radius 3 is 2.48 bits per heavy atom. The highest BCUT2D eigenvalue weighted by Crippen LogP contribution is 2.22. The van der Waals surface area contributed by atoms with E-state index in [0.29, 0.717) is 28.7 Å². The van der Waals surface area contributed by atoms with Crippen molar-refractivity contribution in [1.82, 2.24) is 15.1 Å². The largest absolute Gasteiger partial charge is 0.343 e. The fourth-order valence-electron chi connectivity index (χ4n) is 2.94. The summed E-state index contributed by atoms with van der Waals surface area (Å²) in [5, 5.41) is 3.38. The van der Waals surface area contributed by atoms with Gasteiger partial charge in [0.05, 0.1) is 6.54 Å². The molecule has 2 atom stereocenters. The number of fused-ring (bicyclic) bond motifs is 1. The highest BCUT2D eigenvalue weighted by Gasteiger charge is 2.42. The molecule has 2 fully saturated rings. The molecule has 1 aromatic carbocycles. The number of carbonyl (C=O) groups is 3. The minimum absolute atomic E-state index is 0.118. The predicted octanol–water partition coefficient (Wildman–Crippen LogP) is 1.16. The lowest BCUT2D eigenvalue weighted by atomic mass is 10.0. The molecular formula is C15H15Cl2N3O3. The van der Waals surface area contributed by atoms with Crippen LogP contribution in [0, 0.1) is 0 Å². The smallest absolute Gasteiger partial charge is 0.254 e. The summed E-state index contributed by atoms with van der Waals surface area (Å²) in [5.74, 6) is -0.612. The van der Waals surface area contributed by atoms with E-state index in [9.17, 15) is 14.4 Å². The number of nitrogens with one attached hydrogen (secondary N) is 1. The third kappa shape index (κ3) is 3.01. The van der Waals surface area contributed by atoms with Crippen LogP contribution in [-0.2, 0) is 9.59 Å². The molecule has 0 saturated carbocycles. The van der Waals surface area contributed by atoms with Crippen molar-refractivity contribution in [2.24, 2.45) is 0 Å². The number of hydrogen-bond donors (Lipinski definition) is 1. The van der Waals surface area contributed by atoms with Gasteiger partial charge in [-0.25, -0.2) is 0 Å². The first-order valence-corrected chi connectivity index (χ1v) is 7.98. The second-order valence-corrected chi connectivity index (χ2v) is 6.56. The van der Waals surface area contributed by atoms with Gasteiger partial charge in [-0.1, -0.05) is 23.2 Å². The van der Waals surface area contributed by atoms with Gasteiger partial charge in [0.2, 0.25) is 11.8 Å². The van der Waals surface area contributed by atoms with Gasteiger partial charge in [-0.2, -0.15) is 0 Å². The maximum Gasteiger partial charge on any atom is 0.254 e. The van der Waals surface area contributed by atoms with Crippen molar-refractivity contribution >= 4 is 40.9 Å². The zero-order valence-corrected chi connectivity index (χ0v) is 13.9. The summed E-state index contributed by atoms with van der Waals surface area (Å²) < 4.78 is 0. The van der Waals surface area contributed by atoms with Crippen LogP contribution in [0.2, 0.25) is 10.0 Å². The Kier molecular flexibility index (Phi) is 4.21. The average Bonchev–Trinajstić information content (AvgIpc) is 2.50. The first-order chi connectivity index (χ1) is 10.9. The van der Waals surface area contributed by atoms with E-state index in [2.05, 4.69) is 5.32 Å². The molecule has 3 rings (SSSR count). The third-order valence-electron chi connectivity index (χ3n) is 4.09. The summed E-state index contributed by atoms with van der Waals surface area (Å²) in [6, 6.07) is 3.46. The van der Waals surface area contributed by atoms with Gasteiger partial charge < -0.3 is 15.1 Å². The van der Waals surface area contributed by atoms with Crippen LogP contribution in [0.1, 0.15) is 17.3 Å². The SMILES string of the molecule is C[C@@H]1NC(=O)[C@H]2CN(C(=O)c3cc(Cl)cc(Cl)c3)CCN2C1=O. The van der Waals surface area contributed by atoms with Crippen LogP contribution < -0.4 is 5.32 Å². The number of hydrogen-bond acceptors (Lipinski definition) is 3. The molecule has 2 heterocycles. The summed E-state index contributed by atoms with van der Waals surface area (Å²) in [6.07, 6.45) is 0. The van der Waals surface area contributed by atoms with Crippen molar-refractivity contribution in [3.05, 3.63) is 33.8 Å². The van der Waals surface area contributed by atoms with Crippen molar-refractivity contribution in [3.63, 3.8) is 0 Å². The second-order valence-electron chi connectivity index (χ2n) is 5.69. The zero-order valence-electron chi connectivity index (χ0n) is 12.4. The van der Waals surface area contributed by atoms with Crippen LogP contribution in [0.5, 0.6) is 0 Å². The Bertz CT molecular complexity index is 674. The predicted molar refractivity (Wildman–Crippen MR) is 85.5 cm³/mol. The molecular weight excluding hydrogens is 341 g/mol. The first-order valence-electron chi connectivity index (χ1n) is 7.23. The standard InChI is InChI=1S/C15H15Cl2N3O3/c1-8-14(22)20-3-2-19(7-12(20)13(21)18-8)15(23)9-4-10(16)6-11(17)5-9/h4-6,8,12H,2-3,7H2,1H3,(H,18,21)/t8-,12+/m0/s1. The number of halogens is 2. The maximum atomic E-state index is 12.6. The lowest BCUT2D eigenvalue weighted by Gasteiger charge is -2.44. The molecule has 2 aliphatic heterocycles. The molecule has 0 radical (unpaired) electrons. The summed E-state index contributed by atoms with van der Waals surface area (Å²) in [7, 11) is 0. The average molecular weight is 356 g/mol. The van der Waals surface area contributed by atoms with Gasteiger partial charge in [-0.15, -0.1) is 0 Å². The quantitative estimate of drug-likeness (QED) is 0.821. The molecule has 0 spiro atoms.